The number of hydrogen-bond donors (Lipinski definition) is 0. The predicted octanol–water partition coefficient (Wildman–Crippen LogP) is 5.58. The van der Waals surface area contributed by atoms with E-state index in [1.165, 1.54) is 12.1 Å². The first-order valence-corrected chi connectivity index (χ1v) is 7.36. The van der Waals surface area contributed by atoms with Gasteiger partial charge in [-0.05, 0) is 52.2 Å². The highest BCUT2D eigenvalue weighted by Crippen LogP contribution is 2.38. The van der Waals surface area contributed by atoms with E-state index in [0.29, 0.717) is 5.56 Å². The number of halogens is 4. The summed E-state index contributed by atoms with van der Waals surface area (Å²) in [6, 6.07) is 5.52. The molecular weight excluding hydrogens is 374 g/mol. The lowest BCUT2D eigenvalue weighted by Gasteiger charge is -2.10. The summed E-state index contributed by atoms with van der Waals surface area (Å²) in [5, 5.41) is 0. The van der Waals surface area contributed by atoms with Crippen molar-refractivity contribution in [1.29, 1.82) is 0 Å². The van der Waals surface area contributed by atoms with Crippen LogP contribution in [0.25, 0.3) is 0 Å². The molecule has 0 amide bonds. The van der Waals surface area contributed by atoms with Crippen molar-refractivity contribution in [3.05, 3.63) is 55.7 Å². The van der Waals surface area contributed by atoms with Gasteiger partial charge in [0.05, 0.1) is 8.61 Å². The minimum atomic E-state index is -0.559. The zero-order valence-electron chi connectivity index (χ0n) is 8.81. The van der Waals surface area contributed by atoms with Crippen molar-refractivity contribution in [3.8, 4) is 0 Å². The van der Waals surface area contributed by atoms with Crippen LogP contribution in [0, 0.1) is 18.6 Å². The Kier molecular flexibility index (Phi) is 4.00. The molecule has 1 heterocycles. The van der Waals surface area contributed by atoms with Gasteiger partial charge in [-0.1, -0.05) is 15.9 Å². The third-order valence-corrected chi connectivity index (χ3v) is 4.97. The number of benzene rings is 1. The number of hydrogen-bond acceptors (Lipinski definition) is 1. The molecule has 5 heteroatoms. The van der Waals surface area contributed by atoms with E-state index in [2.05, 4.69) is 31.9 Å². The van der Waals surface area contributed by atoms with Gasteiger partial charge in [0.15, 0.2) is 0 Å². The Bertz CT molecular complexity index is 531. The fourth-order valence-corrected chi connectivity index (χ4v) is 4.25. The average molecular weight is 382 g/mol. The molecule has 0 N–H and O–H groups in total. The summed E-state index contributed by atoms with van der Waals surface area (Å²) in [5.74, 6) is -1.12. The lowest BCUT2D eigenvalue weighted by molar-refractivity contribution is 0.580. The van der Waals surface area contributed by atoms with Crippen molar-refractivity contribution in [2.75, 3.05) is 0 Å². The maximum atomic E-state index is 13.1. The SMILES string of the molecule is Cc1sc(Br)cc1C(Br)c1cc(F)cc(F)c1. The van der Waals surface area contributed by atoms with Gasteiger partial charge in [0.1, 0.15) is 11.6 Å². The van der Waals surface area contributed by atoms with Crippen LogP contribution in [-0.2, 0) is 0 Å². The molecule has 0 aliphatic carbocycles. The van der Waals surface area contributed by atoms with E-state index >= 15 is 0 Å². The molecule has 0 saturated heterocycles. The Labute approximate surface area is 119 Å². The van der Waals surface area contributed by atoms with E-state index in [1.54, 1.807) is 11.3 Å². The summed E-state index contributed by atoms with van der Waals surface area (Å²) in [6.45, 7) is 1.98. The largest absolute Gasteiger partial charge is 0.207 e. The first kappa shape index (κ1) is 13.2. The van der Waals surface area contributed by atoms with Gasteiger partial charge in [-0.2, -0.15) is 0 Å². The van der Waals surface area contributed by atoms with E-state index in [9.17, 15) is 8.78 Å². The second kappa shape index (κ2) is 5.16. The first-order valence-electron chi connectivity index (χ1n) is 4.83. The van der Waals surface area contributed by atoms with Crippen LogP contribution in [0.2, 0.25) is 0 Å². The molecule has 1 aromatic heterocycles. The summed E-state index contributed by atoms with van der Waals surface area (Å²) in [6.07, 6.45) is 0. The van der Waals surface area contributed by atoms with E-state index in [1.807, 2.05) is 13.0 Å². The van der Waals surface area contributed by atoms with Crippen molar-refractivity contribution in [3.63, 3.8) is 0 Å². The predicted molar refractivity (Wildman–Crippen MR) is 73.9 cm³/mol. The molecule has 1 aromatic carbocycles. The Hall–Kier alpha value is -0.260. The quantitative estimate of drug-likeness (QED) is 0.595. The monoisotopic (exact) mass is 380 g/mol. The van der Waals surface area contributed by atoms with Gasteiger partial charge < -0.3 is 0 Å². The summed E-state index contributed by atoms with van der Waals surface area (Å²) in [4.78, 5) is 0.915. The third kappa shape index (κ3) is 2.95. The van der Waals surface area contributed by atoms with Crippen LogP contribution in [0.15, 0.2) is 28.1 Å². The maximum Gasteiger partial charge on any atom is 0.126 e. The molecule has 0 aliphatic heterocycles. The van der Waals surface area contributed by atoms with Crippen LogP contribution < -0.4 is 0 Å². The van der Waals surface area contributed by atoms with Crippen LogP contribution in [-0.4, -0.2) is 0 Å². The lowest BCUT2D eigenvalue weighted by atomic mass is 10.1. The topological polar surface area (TPSA) is 0 Å². The Balaban J connectivity index is 2.43. The van der Waals surface area contributed by atoms with E-state index in [0.717, 1.165) is 20.3 Å². The average Bonchev–Trinajstić information content (AvgIpc) is 2.55. The summed E-state index contributed by atoms with van der Waals surface area (Å²) in [7, 11) is 0. The van der Waals surface area contributed by atoms with Crippen LogP contribution in [0.3, 0.4) is 0 Å². The molecule has 2 aromatic rings. The van der Waals surface area contributed by atoms with Crippen LogP contribution in [0.5, 0.6) is 0 Å². The Morgan fingerprint density at radius 1 is 1.12 bits per heavy atom. The van der Waals surface area contributed by atoms with Crippen LogP contribution in [0.1, 0.15) is 20.8 Å². The Morgan fingerprint density at radius 2 is 1.71 bits per heavy atom. The second-order valence-corrected chi connectivity index (χ2v) is 7.18. The van der Waals surface area contributed by atoms with Gasteiger partial charge in [-0.15, -0.1) is 11.3 Å². The van der Waals surface area contributed by atoms with Crippen molar-refractivity contribution in [1.82, 2.24) is 0 Å². The number of thiophene rings is 1. The van der Waals surface area contributed by atoms with E-state index < -0.39 is 11.6 Å². The standard InChI is InChI=1S/C12H8Br2F2S/c1-6-10(5-11(13)17-6)12(14)7-2-8(15)4-9(16)3-7/h2-5,12H,1H3. The lowest BCUT2D eigenvalue weighted by Crippen LogP contribution is -1.95. The molecule has 0 bridgehead atoms. The van der Waals surface area contributed by atoms with Crippen LogP contribution in [0.4, 0.5) is 8.78 Å². The maximum absolute atomic E-state index is 13.1. The number of alkyl halides is 1. The van der Waals surface area contributed by atoms with Crippen molar-refractivity contribution in [2.45, 2.75) is 11.8 Å². The molecule has 0 radical (unpaired) electrons. The van der Waals surface area contributed by atoms with Crippen molar-refractivity contribution in [2.24, 2.45) is 0 Å². The number of rotatable bonds is 2. The van der Waals surface area contributed by atoms with Crippen molar-refractivity contribution < 1.29 is 8.78 Å². The van der Waals surface area contributed by atoms with Gasteiger partial charge >= 0.3 is 0 Å². The Morgan fingerprint density at radius 3 is 2.18 bits per heavy atom. The normalized spacial score (nSPS) is 12.8. The zero-order chi connectivity index (χ0) is 12.6. The minimum Gasteiger partial charge on any atom is -0.207 e. The van der Waals surface area contributed by atoms with Crippen LogP contribution >= 0.6 is 43.2 Å². The zero-order valence-corrected chi connectivity index (χ0v) is 12.8. The summed E-state index contributed by atoms with van der Waals surface area (Å²) >= 11 is 8.48. The fraction of sp³-hybridized carbons (Fsp3) is 0.167. The molecule has 0 saturated carbocycles. The van der Waals surface area contributed by atoms with E-state index in [4.69, 9.17) is 0 Å². The van der Waals surface area contributed by atoms with Gasteiger partial charge in [-0.25, -0.2) is 8.78 Å². The fourth-order valence-electron chi connectivity index (χ4n) is 1.61. The first-order chi connectivity index (χ1) is 7.97. The molecule has 0 fully saturated rings. The van der Waals surface area contributed by atoms with Gasteiger partial charge in [0.2, 0.25) is 0 Å². The third-order valence-electron chi connectivity index (χ3n) is 2.38. The summed E-state index contributed by atoms with van der Waals surface area (Å²) < 4.78 is 27.3. The van der Waals surface area contributed by atoms with Gasteiger partial charge in [0, 0.05) is 10.9 Å². The second-order valence-electron chi connectivity index (χ2n) is 3.63. The smallest absolute Gasteiger partial charge is 0.126 e. The molecule has 2 rings (SSSR count). The highest BCUT2D eigenvalue weighted by atomic mass is 79.9. The molecule has 0 spiro atoms. The van der Waals surface area contributed by atoms with E-state index in [-0.39, 0.29) is 4.83 Å². The molecule has 1 unspecified atom stereocenters. The minimum absolute atomic E-state index is 0.199. The summed E-state index contributed by atoms with van der Waals surface area (Å²) in [5.41, 5.74) is 1.60. The molecule has 17 heavy (non-hydrogen) atoms. The van der Waals surface area contributed by atoms with Gasteiger partial charge in [-0.3, -0.25) is 0 Å². The highest BCUT2D eigenvalue weighted by molar-refractivity contribution is 9.11. The molecule has 1 atom stereocenters. The van der Waals surface area contributed by atoms with Crippen molar-refractivity contribution >= 4 is 43.2 Å². The van der Waals surface area contributed by atoms with Gasteiger partial charge in [0.25, 0.3) is 0 Å². The molecular formula is C12H8Br2F2S. The highest BCUT2D eigenvalue weighted by Gasteiger charge is 2.16. The molecule has 0 nitrogen and oxygen atoms in total. The number of aryl methyl sites for hydroxylation is 1. The molecule has 90 valence electrons. The molecule has 0 aliphatic rings.